The van der Waals surface area contributed by atoms with Crippen LogP contribution in [-0.2, 0) is 14.3 Å². The van der Waals surface area contributed by atoms with Gasteiger partial charge in [0.1, 0.15) is 0 Å². The van der Waals surface area contributed by atoms with Crippen molar-refractivity contribution in [1.29, 1.82) is 0 Å². The Bertz CT molecular complexity index is 364. The number of hydrogen-bond donors (Lipinski definition) is 0. The molecule has 1 aliphatic carbocycles. The third-order valence-corrected chi connectivity index (χ3v) is 3.94. The summed E-state index contributed by atoms with van der Waals surface area (Å²) in [5.74, 6) is 0.304. The third kappa shape index (κ3) is 3.82. The van der Waals surface area contributed by atoms with Gasteiger partial charge in [0.25, 0.3) is 0 Å². The average molecular weight is 265 g/mol. The number of amides is 1. The molecule has 1 amide bonds. The highest BCUT2D eigenvalue weighted by molar-refractivity contribution is 5.79. The van der Waals surface area contributed by atoms with E-state index in [1.54, 1.807) is 0 Å². The van der Waals surface area contributed by atoms with Crippen LogP contribution in [0.4, 0.5) is 0 Å². The fourth-order valence-corrected chi connectivity index (χ4v) is 2.87. The highest BCUT2D eigenvalue weighted by atomic mass is 16.5. The molecule has 0 unspecified atom stereocenters. The van der Waals surface area contributed by atoms with E-state index in [0.717, 1.165) is 32.2 Å². The molecule has 1 heterocycles. The summed E-state index contributed by atoms with van der Waals surface area (Å²) in [5.41, 5.74) is 0. The van der Waals surface area contributed by atoms with E-state index in [1.807, 2.05) is 11.8 Å². The Morgan fingerprint density at radius 1 is 1.37 bits per heavy atom. The normalized spacial score (nSPS) is 26.5. The monoisotopic (exact) mass is 265 g/mol. The molecule has 106 valence electrons. The van der Waals surface area contributed by atoms with E-state index in [4.69, 9.17) is 4.74 Å². The molecule has 0 spiro atoms. The predicted molar refractivity (Wildman–Crippen MR) is 72.4 cm³/mol. The molecule has 4 heteroatoms. The van der Waals surface area contributed by atoms with Gasteiger partial charge in [-0.1, -0.05) is 12.2 Å². The summed E-state index contributed by atoms with van der Waals surface area (Å²) >= 11 is 0. The van der Waals surface area contributed by atoms with Gasteiger partial charge in [0.2, 0.25) is 5.91 Å². The van der Waals surface area contributed by atoms with Crippen LogP contribution in [0.3, 0.4) is 0 Å². The van der Waals surface area contributed by atoms with Crippen LogP contribution in [0.25, 0.3) is 0 Å². The van der Waals surface area contributed by atoms with Crippen molar-refractivity contribution in [3.05, 3.63) is 12.2 Å². The summed E-state index contributed by atoms with van der Waals surface area (Å²) in [5, 5.41) is 0. The van der Waals surface area contributed by atoms with Gasteiger partial charge in [-0.25, -0.2) is 0 Å². The summed E-state index contributed by atoms with van der Waals surface area (Å²) in [6.45, 7) is 3.55. The molecule has 1 fully saturated rings. The fourth-order valence-electron chi connectivity index (χ4n) is 2.87. The van der Waals surface area contributed by atoms with Crippen molar-refractivity contribution in [3.8, 4) is 0 Å². The van der Waals surface area contributed by atoms with Gasteiger partial charge < -0.3 is 9.64 Å². The zero-order chi connectivity index (χ0) is 13.7. The summed E-state index contributed by atoms with van der Waals surface area (Å²) in [4.78, 5) is 25.8. The molecule has 0 saturated carbocycles. The summed E-state index contributed by atoms with van der Waals surface area (Å²) in [7, 11) is 0. The van der Waals surface area contributed by atoms with Crippen molar-refractivity contribution >= 4 is 11.9 Å². The van der Waals surface area contributed by atoms with Crippen molar-refractivity contribution in [2.24, 2.45) is 11.8 Å². The van der Waals surface area contributed by atoms with Crippen molar-refractivity contribution in [2.45, 2.75) is 39.0 Å². The van der Waals surface area contributed by atoms with Crippen molar-refractivity contribution in [1.82, 2.24) is 4.90 Å². The first-order chi connectivity index (χ1) is 9.20. The molecule has 2 rings (SSSR count). The minimum Gasteiger partial charge on any atom is -0.466 e. The minimum absolute atomic E-state index is 0.128. The number of esters is 1. The van der Waals surface area contributed by atoms with Crippen molar-refractivity contribution < 1.29 is 14.3 Å². The lowest BCUT2D eigenvalue weighted by molar-refractivity contribution is -0.151. The number of piperidine rings is 1. The first kappa shape index (κ1) is 14.1. The van der Waals surface area contributed by atoms with E-state index >= 15 is 0 Å². The molecule has 2 atom stereocenters. The van der Waals surface area contributed by atoms with E-state index < -0.39 is 0 Å². The molecular formula is C15H23NO3. The molecule has 0 aromatic rings. The number of allylic oxidation sites excluding steroid dienone is 2. The zero-order valence-corrected chi connectivity index (χ0v) is 11.6. The molecule has 19 heavy (non-hydrogen) atoms. The lowest BCUT2D eigenvalue weighted by Gasteiger charge is -2.32. The van der Waals surface area contributed by atoms with Crippen LogP contribution >= 0.6 is 0 Å². The summed E-state index contributed by atoms with van der Waals surface area (Å²) < 4.78 is 5.05. The molecule has 0 aromatic heterocycles. The molecule has 0 N–H and O–H groups in total. The molecule has 0 aromatic carbocycles. The molecule has 2 aliphatic rings. The molecule has 4 nitrogen and oxygen atoms in total. The second-order valence-electron chi connectivity index (χ2n) is 5.40. The van der Waals surface area contributed by atoms with Crippen LogP contribution < -0.4 is 0 Å². The Hall–Kier alpha value is -1.32. The smallest absolute Gasteiger partial charge is 0.310 e. The summed E-state index contributed by atoms with van der Waals surface area (Å²) in [6.07, 6.45) is 8.79. The molecular weight excluding hydrogens is 242 g/mol. The van der Waals surface area contributed by atoms with Crippen LogP contribution in [-0.4, -0.2) is 36.5 Å². The lowest BCUT2D eigenvalue weighted by atomic mass is 9.96. The number of hydrogen-bond acceptors (Lipinski definition) is 3. The SMILES string of the molecule is CCOC(=O)[C@@H]1CCCN(C(=O)C[C@@H]2C=CCC2)C1. The van der Waals surface area contributed by atoms with Crippen LogP contribution in [0.5, 0.6) is 0 Å². The van der Waals surface area contributed by atoms with Gasteiger partial charge >= 0.3 is 5.97 Å². The van der Waals surface area contributed by atoms with Gasteiger partial charge in [-0.3, -0.25) is 9.59 Å². The Morgan fingerprint density at radius 2 is 2.21 bits per heavy atom. The molecule has 0 bridgehead atoms. The average Bonchev–Trinajstić information content (AvgIpc) is 2.92. The fraction of sp³-hybridized carbons (Fsp3) is 0.733. The molecule has 1 saturated heterocycles. The third-order valence-electron chi connectivity index (χ3n) is 3.94. The van der Waals surface area contributed by atoms with Crippen LogP contribution in [0.2, 0.25) is 0 Å². The van der Waals surface area contributed by atoms with Crippen LogP contribution in [0.1, 0.15) is 39.0 Å². The Labute approximate surface area is 114 Å². The second kappa shape index (κ2) is 6.73. The minimum atomic E-state index is -0.152. The van der Waals surface area contributed by atoms with Gasteiger partial charge in [-0.15, -0.1) is 0 Å². The van der Waals surface area contributed by atoms with Crippen molar-refractivity contribution in [2.75, 3.05) is 19.7 Å². The highest BCUT2D eigenvalue weighted by Gasteiger charge is 2.30. The number of carbonyl (C=O) groups is 2. The second-order valence-corrected chi connectivity index (χ2v) is 5.40. The number of ether oxygens (including phenoxy) is 1. The predicted octanol–water partition coefficient (Wildman–Crippen LogP) is 2.14. The van der Waals surface area contributed by atoms with E-state index in [0.29, 0.717) is 25.5 Å². The maximum absolute atomic E-state index is 12.2. The van der Waals surface area contributed by atoms with Crippen LogP contribution in [0, 0.1) is 11.8 Å². The van der Waals surface area contributed by atoms with Gasteiger partial charge in [0, 0.05) is 19.5 Å². The first-order valence-corrected chi connectivity index (χ1v) is 7.31. The van der Waals surface area contributed by atoms with Gasteiger partial charge in [0.05, 0.1) is 12.5 Å². The van der Waals surface area contributed by atoms with Gasteiger partial charge in [-0.2, -0.15) is 0 Å². The topological polar surface area (TPSA) is 46.6 Å². The lowest BCUT2D eigenvalue weighted by Crippen LogP contribution is -2.43. The number of likely N-dealkylation sites (tertiary alicyclic amines) is 1. The van der Waals surface area contributed by atoms with Crippen LogP contribution in [0.15, 0.2) is 12.2 Å². The number of rotatable bonds is 4. The van der Waals surface area contributed by atoms with Gasteiger partial charge in [0.15, 0.2) is 0 Å². The maximum atomic E-state index is 12.2. The first-order valence-electron chi connectivity index (χ1n) is 7.31. The van der Waals surface area contributed by atoms with E-state index in [9.17, 15) is 9.59 Å². The van der Waals surface area contributed by atoms with E-state index in [-0.39, 0.29) is 17.8 Å². The maximum Gasteiger partial charge on any atom is 0.310 e. The molecule has 1 aliphatic heterocycles. The largest absolute Gasteiger partial charge is 0.466 e. The highest BCUT2D eigenvalue weighted by Crippen LogP contribution is 2.24. The summed E-state index contributed by atoms with van der Waals surface area (Å²) in [6, 6.07) is 0. The molecule has 0 radical (unpaired) electrons. The van der Waals surface area contributed by atoms with E-state index in [2.05, 4.69) is 12.2 Å². The quantitative estimate of drug-likeness (QED) is 0.578. The number of nitrogens with zero attached hydrogens (tertiary/aromatic N) is 1. The van der Waals surface area contributed by atoms with Crippen molar-refractivity contribution in [3.63, 3.8) is 0 Å². The van der Waals surface area contributed by atoms with Gasteiger partial charge in [-0.05, 0) is 38.5 Å². The zero-order valence-electron chi connectivity index (χ0n) is 11.6. The Morgan fingerprint density at radius 3 is 2.89 bits per heavy atom. The van der Waals surface area contributed by atoms with E-state index in [1.165, 1.54) is 0 Å². The standard InChI is InChI=1S/C15H23NO3/c1-2-19-15(18)13-8-5-9-16(11-13)14(17)10-12-6-3-4-7-12/h3,6,12-13H,2,4-5,7-11H2,1H3/t12-,13-/m1/s1. The number of carbonyl (C=O) groups excluding carboxylic acids is 2. The Kier molecular flexibility index (Phi) is 5.00. The Balaban J connectivity index is 1.84.